The van der Waals surface area contributed by atoms with E-state index in [9.17, 15) is 0 Å². The largest absolute Gasteiger partial charge is 0.256 e. The molecule has 3 rings (SSSR count). The van der Waals surface area contributed by atoms with Gasteiger partial charge in [0.15, 0.2) is 0 Å². The third-order valence-electron chi connectivity index (χ3n) is 3.49. The molecule has 1 nitrogen and oxygen atoms in total. The van der Waals surface area contributed by atoms with Crippen LogP contribution in [0.3, 0.4) is 0 Å². The second kappa shape index (κ2) is 6.00. The molecule has 0 unspecified atom stereocenters. The highest BCUT2D eigenvalue weighted by molar-refractivity contribution is 5.71. The molecule has 0 amide bonds. The number of benzene rings is 2. The van der Waals surface area contributed by atoms with Crippen molar-refractivity contribution in [3.8, 4) is 47.1 Å². The first-order valence-electron chi connectivity index (χ1n) is 6.90. The van der Waals surface area contributed by atoms with Gasteiger partial charge < -0.3 is 0 Å². The molecule has 0 spiro atoms. The van der Waals surface area contributed by atoms with E-state index in [1.807, 2.05) is 60.8 Å². The van der Waals surface area contributed by atoms with Crippen LogP contribution in [-0.4, -0.2) is 4.98 Å². The summed E-state index contributed by atoms with van der Waals surface area (Å²) in [5, 5.41) is 0. The lowest BCUT2D eigenvalue weighted by molar-refractivity contribution is 1.32. The smallest absolute Gasteiger partial charge is 0.0708 e. The molecular weight excluding hydrogens is 266 g/mol. The molecule has 2 aromatic carbocycles. The molecule has 3 aromatic rings. The zero-order chi connectivity index (χ0) is 15.4. The van der Waals surface area contributed by atoms with Crippen LogP contribution in [0.2, 0.25) is 0 Å². The summed E-state index contributed by atoms with van der Waals surface area (Å²) in [6, 6.07) is 19.8. The number of hydrogen-bond donors (Lipinski definition) is 0. The monoisotopic (exact) mass is 279 g/mol. The van der Waals surface area contributed by atoms with Gasteiger partial charge in [0.25, 0.3) is 0 Å². The van der Waals surface area contributed by atoms with Gasteiger partial charge in [0.1, 0.15) is 0 Å². The fourth-order valence-electron chi connectivity index (χ4n) is 2.26. The second-order valence-electron chi connectivity index (χ2n) is 4.87. The van der Waals surface area contributed by atoms with Gasteiger partial charge in [-0.2, -0.15) is 0 Å². The molecule has 0 aliphatic heterocycles. The molecule has 22 heavy (non-hydrogen) atoms. The highest BCUT2D eigenvalue weighted by atomic mass is 14.7. The second-order valence-corrected chi connectivity index (χ2v) is 4.87. The minimum atomic E-state index is 0.866. The summed E-state index contributed by atoms with van der Waals surface area (Å²) < 4.78 is 0. The molecule has 0 saturated carbocycles. The average molecular weight is 279 g/mol. The number of pyridine rings is 1. The van der Waals surface area contributed by atoms with Gasteiger partial charge >= 0.3 is 0 Å². The number of hydrogen-bond acceptors (Lipinski definition) is 1. The van der Waals surface area contributed by atoms with Crippen molar-refractivity contribution in [1.29, 1.82) is 0 Å². The van der Waals surface area contributed by atoms with Crippen molar-refractivity contribution in [2.24, 2.45) is 0 Å². The Morgan fingerprint density at radius 3 is 1.73 bits per heavy atom. The van der Waals surface area contributed by atoms with Crippen LogP contribution in [0.25, 0.3) is 22.4 Å². The van der Waals surface area contributed by atoms with E-state index in [2.05, 4.69) is 22.9 Å². The van der Waals surface area contributed by atoms with E-state index >= 15 is 0 Å². The maximum Gasteiger partial charge on any atom is 0.0708 e. The van der Waals surface area contributed by atoms with Crippen molar-refractivity contribution >= 4 is 0 Å². The number of nitrogens with zero attached hydrogens (tertiary/aromatic N) is 1. The van der Waals surface area contributed by atoms with Crippen molar-refractivity contribution in [2.45, 2.75) is 0 Å². The van der Waals surface area contributed by atoms with E-state index in [-0.39, 0.29) is 0 Å². The van der Waals surface area contributed by atoms with E-state index < -0.39 is 0 Å². The maximum absolute atomic E-state index is 5.39. The molecule has 0 fully saturated rings. The summed E-state index contributed by atoms with van der Waals surface area (Å²) >= 11 is 0. The SMILES string of the molecule is C#Cc1ccc(-c2ccnc(-c3ccc(C#C)cc3)c2)cc1. The number of aromatic nitrogens is 1. The quantitative estimate of drug-likeness (QED) is 0.634. The summed E-state index contributed by atoms with van der Waals surface area (Å²) in [7, 11) is 0. The van der Waals surface area contributed by atoms with Crippen LogP contribution in [0, 0.1) is 24.7 Å². The van der Waals surface area contributed by atoms with Crippen molar-refractivity contribution in [3.63, 3.8) is 0 Å². The number of rotatable bonds is 2. The topological polar surface area (TPSA) is 12.9 Å². The Hall–Kier alpha value is -3.29. The Balaban J connectivity index is 1.98. The zero-order valence-corrected chi connectivity index (χ0v) is 12.0. The van der Waals surface area contributed by atoms with E-state index in [1.54, 1.807) is 0 Å². The molecule has 0 aliphatic carbocycles. The average Bonchev–Trinajstić information content (AvgIpc) is 2.62. The Morgan fingerprint density at radius 1 is 0.636 bits per heavy atom. The van der Waals surface area contributed by atoms with Crippen LogP contribution in [0.1, 0.15) is 11.1 Å². The summed E-state index contributed by atoms with van der Waals surface area (Å²) in [5.74, 6) is 5.24. The normalized spacial score (nSPS) is 9.73. The lowest BCUT2D eigenvalue weighted by atomic mass is 10.0. The predicted octanol–water partition coefficient (Wildman–Crippen LogP) is 4.38. The fourth-order valence-corrected chi connectivity index (χ4v) is 2.26. The van der Waals surface area contributed by atoms with E-state index in [1.165, 1.54) is 0 Å². The van der Waals surface area contributed by atoms with Gasteiger partial charge in [-0.05, 0) is 47.5 Å². The van der Waals surface area contributed by atoms with Gasteiger partial charge in [-0.1, -0.05) is 36.1 Å². The van der Waals surface area contributed by atoms with Gasteiger partial charge in [0.05, 0.1) is 5.69 Å². The Morgan fingerprint density at radius 2 is 1.18 bits per heavy atom. The lowest BCUT2D eigenvalue weighted by Crippen LogP contribution is -1.86. The zero-order valence-electron chi connectivity index (χ0n) is 12.0. The first-order chi connectivity index (χ1) is 10.8. The van der Waals surface area contributed by atoms with E-state index in [0.717, 1.165) is 33.5 Å². The third-order valence-corrected chi connectivity index (χ3v) is 3.49. The van der Waals surface area contributed by atoms with Crippen LogP contribution >= 0.6 is 0 Å². The molecule has 0 aliphatic rings. The van der Waals surface area contributed by atoms with Crippen LogP contribution in [-0.2, 0) is 0 Å². The highest BCUT2D eigenvalue weighted by Crippen LogP contribution is 2.25. The lowest BCUT2D eigenvalue weighted by Gasteiger charge is -2.06. The maximum atomic E-state index is 5.39. The van der Waals surface area contributed by atoms with E-state index in [0.29, 0.717) is 0 Å². The summed E-state index contributed by atoms with van der Waals surface area (Å²) in [6.07, 6.45) is 12.6. The van der Waals surface area contributed by atoms with E-state index in [4.69, 9.17) is 12.8 Å². The Labute approximate surface area is 130 Å². The summed E-state index contributed by atoms with van der Waals surface area (Å²) in [4.78, 5) is 4.44. The van der Waals surface area contributed by atoms with Crippen molar-refractivity contribution in [3.05, 3.63) is 78.0 Å². The minimum Gasteiger partial charge on any atom is -0.256 e. The summed E-state index contributed by atoms with van der Waals surface area (Å²) in [5.41, 5.74) is 5.92. The molecule has 0 radical (unpaired) electrons. The van der Waals surface area contributed by atoms with Crippen LogP contribution < -0.4 is 0 Å². The van der Waals surface area contributed by atoms with Gasteiger partial charge in [0.2, 0.25) is 0 Å². The standard InChI is InChI=1S/C21H13N/c1-3-16-5-9-18(10-6-16)20-13-14-22-21(15-20)19-11-7-17(4-2)8-12-19/h1-2,5-15H. The van der Waals surface area contributed by atoms with Crippen molar-refractivity contribution in [2.75, 3.05) is 0 Å². The highest BCUT2D eigenvalue weighted by Gasteiger charge is 2.03. The first-order valence-corrected chi connectivity index (χ1v) is 6.90. The molecule has 0 saturated heterocycles. The van der Waals surface area contributed by atoms with Gasteiger partial charge in [-0.15, -0.1) is 12.8 Å². The first kappa shape index (κ1) is 13.7. The van der Waals surface area contributed by atoms with Crippen molar-refractivity contribution in [1.82, 2.24) is 4.98 Å². The third kappa shape index (κ3) is 2.75. The minimum absolute atomic E-state index is 0.866. The molecule has 1 heterocycles. The van der Waals surface area contributed by atoms with Gasteiger partial charge in [-0.25, -0.2) is 0 Å². The van der Waals surface area contributed by atoms with Gasteiger partial charge in [0, 0.05) is 22.9 Å². The molecule has 0 N–H and O–H groups in total. The summed E-state index contributed by atoms with van der Waals surface area (Å²) in [6.45, 7) is 0. The van der Waals surface area contributed by atoms with Crippen LogP contribution in [0.15, 0.2) is 66.9 Å². The molecule has 102 valence electrons. The molecule has 1 heteroatoms. The molecular formula is C21H13N. The van der Waals surface area contributed by atoms with Gasteiger partial charge in [-0.3, -0.25) is 4.98 Å². The van der Waals surface area contributed by atoms with Crippen molar-refractivity contribution < 1.29 is 0 Å². The molecule has 1 aromatic heterocycles. The predicted molar refractivity (Wildman–Crippen MR) is 91.0 cm³/mol. The number of terminal acetylenes is 2. The molecule has 0 atom stereocenters. The van der Waals surface area contributed by atoms with Crippen LogP contribution in [0.5, 0.6) is 0 Å². The Kier molecular flexibility index (Phi) is 3.73. The fraction of sp³-hybridized carbons (Fsp3) is 0. The Bertz CT molecular complexity index is 800. The van der Waals surface area contributed by atoms with Crippen LogP contribution in [0.4, 0.5) is 0 Å². The molecule has 0 bridgehead atoms.